The van der Waals surface area contributed by atoms with E-state index >= 15 is 0 Å². The summed E-state index contributed by atoms with van der Waals surface area (Å²) in [5.41, 5.74) is 0.233. The van der Waals surface area contributed by atoms with Gasteiger partial charge in [0.05, 0.1) is 6.26 Å². The average Bonchev–Trinajstić information content (AvgIpc) is 1.81. The minimum Gasteiger partial charge on any atom is -0.474 e. The first-order chi connectivity index (χ1) is 5.85. The van der Waals surface area contributed by atoms with Crippen molar-refractivity contribution in [2.75, 3.05) is 0 Å². The van der Waals surface area contributed by atoms with Crippen molar-refractivity contribution in [2.24, 2.45) is 5.41 Å². The van der Waals surface area contributed by atoms with Crippen molar-refractivity contribution in [1.29, 1.82) is 0 Å². The van der Waals surface area contributed by atoms with E-state index in [2.05, 4.69) is 40.4 Å². The van der Waals surface area contributed by atoms with Gasteiger partial charge in [-0.15, -0.1) is 0 Å². The van der Waals surface area contributed by atoms with E-state index in [1.807, 2.05) is 0 Å². The molecule has 0 rings (SSSR count). The monoisotopic (exact) mass is 202 g/mol. The maximum absolute atomic E-state index is 5.71. The van der Waals surface area contributed by atoms with Gasteiger partial charge in [-0.3, -0.25) is 0 Å². The van der Waals surface area contributed by atoms with Crippen LogP contribution in [-0.4, -0.2) is 15.3 Å². The molecule has 0 fully saturated rings. The summed E-state index contributed by atoms with van der Waals surface area (Å²) in [6.45, 7) is 14.4. The molecule has 0 N–H and O–H groups in total. The van der Waals surface area contributed by atoms with Crippen LogP contribution in [0.1, 0.15) is 27.2 Å². The van der Waals surface area contributed by atoms with Crippen molar-refractivity contribution in [3.05, 3.63) is 12.8 Å². The summed E-state index contributed by atoms with van der Waals surface area (Å²) in [6, 6.07) is 0. The highest BCUT2D eigenvalue weighted by molar-refractivity contribution is 6.48. The molecular weight excluding hydrogens is 180 g/mol. The summed E-state index contributed by atoms with van der Waals surface area (Å²) >= 11 is 0. The van der Waals surface area contributed by atoms with Crippen LogP contribution in [0.2, 0.25) is 13.1 Å². The summed E-state index contributed by atoms with van der Waals surface area (Å²) in [7, 11) is -1.02. The molecule has 13 heavy (non-hydrogen) atoms. The first kappa shape index (κ1) is 12.7. The van der Waals surface area contributed by atoms with E-state index in [0.29, 0.717) is 0 Å². The summed E-state index contributed by atoms with van der Waals surface area (Å²) in [4.78, 5) is 0. The molecule has 0 saturated carbocycles. The Bertz CT molecular complexity index is 149. The van der Waals surface area contributed by atoms with Gasteiger partial charge in [0, 0.05) is 6.42 Å². The van der Waals surface area contributed by atoms with Crippen molar-refractivity contribution >= 4 is 9.04 Å². The van der Waals surface area contributed by atoms with Gasteiger partial charge in [0.15, 0.2) is 15.3 Å². The smallest absolute Gasteiger partial charge is 0.190 e. The zero-order valence-corrected chi connectivity index (χ0v) is 10.6. The Morgan fingerprint density at radius 3 is 2.23 bits per heavy atom. The number of rotatable bonds is 5. The van der Waals surface area contributed by atoms with Crippen molar-refractivity contribution in [1.82, 2.24) is 0 Å². The lowest BCUT2D eigenvalue weighted by Gasteiger charge is -2.26. The number of ether oxygens (including phenoxy) is 1. The van der Waals surface area contributed by atoms with Gasteiger partial charge in [-0.05, 0) is 18.5 Å². The van der Waals surface area contributed by atoms with Gasteiger partial charge in [-0.25, -0.2) is 0 Å². The fourth-order valence-electron chi connectivity index (χ4n) is 1.04. The zero-order valence-electron chi connectivity index (χ0n) is 9.46. The molecule has 0 aliphatic rings. The Morgan fingerprint density at radius 1 is 1.38 bits per heavy atom. The largest absolute Gasteiger partial charge is 0.474 e. The van der Waals surface area contributed by atoms with Crippen LogP contribution in [0.3, 0.4) is 0 Å². The van der Waals surface area contributed by atoms with Crippen LogP contribution >= 0.6 is 0 Å². The van der Waals surface area contributed by atoms with E-state index < -0.39 is 9.04 Å². The van der Waals surface area contributed by atoms with Crippen LogP contribution in [0.4, 0.5) is 0 Å². The highest BCUT2D eigenvalue weighted by atomic mass is 28.3. The predicted molar refractivity (Wildman–Crippen MR) is 59.1 cm³/mol. The molecule has 0 aromatic heterocycles. The minimum atomic E-state index is -1.02. The van der Waals surface area contributed by atoms with Gasteiger partial charge in [0.25, 0.3) is 0 Å². The Kier molecular flexibility index (Phi) is 5.33. The second kappa shape index (κ2) is 5.45. The van der Waals surface area contributed by atoms with E-state index in [0.717, 1.165) is 6.42 Å². The van der Waals surface area contributed by atoms with Crippen LogP contribution in [0.5, 0.6) is 0 Å². The predicted octanol–water partition coefficient (Wildman–Crippen LogP) is 2.91. The van der Waals surface area contributed by atoms with Crippen molar-refractivity contribution in [2.45, 2.75) is 46.6 Å². The average molecular weight is 202 g/mol. The summed E-state index contributed by atoms with van der Waals surface area (Å²) in [6.07, 6.45) is 2.27. The molecule has 0 spiro atoms. The lowest BCUT2D eigenvalue weighted by molar-refractivity contribution is -0.0558. The Balaban J connectivity index is 4.01. The van der Waals surface area contributed by atoms with Crippen LogP contribution in [0, 0.1) is 5.41 Å². The van der Waals surface area contributed by atoms with Gasteiger partial charge in [-0.1, -0.05) is 27.4 Å². The van der Waals surface area contributed by atoms with Gasteiger partial charge in [0.2, 0.25) is 0 Å². The standard InChI is InChI=1S/C10H22O2Si/c1-7-11-9(12-13(5)6)8-10(2,3)4/h7,9,13H,1,8H2,2-6H3. The maximum atomic E-state index is 5.71. The van der Waals surface area contributed by atoms with E-state index in [4.69, 9.17) is 9.16 Å². The minimum absolute atomic E-state index is 0.107. The molecule has 0 aliphatic carbocycles. The molecule has 3 heteroatoms. The molecule has 0 heterocycles. The summed E-state index contributed by atoms with van der Waals surface area (Å²) in [5.74, 6) is 0. The molecule has 0 aromatic rings. The van der Waals surface area contributed by atoms with Crippen LogP contribution < -0.4 is 0 Å². The molecule has 0 amide bonds. The zero-order chi connectivity index (χ0) is 10.5. The molecule has 0 saturated heterocycles. The molecule has 0 bridgehead atoms. The van der Waals surface area contributed by atoms with Crippen molar-refractivity contribution in [3.63, 3.8) is 0 Å². The third kappa shape index (κ3) is 8.06. The van der Waals surface area contributed by atoms with Crippen LogP contribution in [0.15, 0.2) is 12.8 Å². The van der Waals surface area contributed by atoms with Crippen LogP contribution in [0.25, 0.3) is 0 Å². The van der Waals surface area contributed by atoms with Gasteiger partial charge < -0.3 is 9.16 Å². The Labute approximate surface area is 83.7 Å². The fraction of sp³-hybridized carbons (Fsp3) is 0.800. The van der Waals surface area contributed by atoms with Crippen molar-refractivity contribution < 1.29 is 9.16 Å². The maximum Gasteiger partial charge on any atom is 0.190 e. The van der Waals surface area contributed by atoms with Gasteiger partial charge in [0.1, 0.15) is 0 Å². The Hall–Kier alpha value is -0.283. The topological polar surface area (TPSA) is 18.5 Å². The van der Waals surface area contributed by atoms with Gasteiger partial charge >= 0.3 is 0 Å². The summed E-state index contributed by atoms with van der Waals surface area (Å²) < 4.78 is 11.0. The first-order valence-corrected chi connectivity index (χ1v) is 7.55. The second-order valence-corrected chi connectivity index (χ2v) is 7.05. The van der Waals surface area contributed by atoms with E-state index in [-0.39, 0.29) is 11.7 Å². The molecular formula is C10H22O2Si. The number of hydrogen-bond donors (Lipinski definition) is 0. The molecule has 78 valence electrons. The Morgan fingerprint density at radius 2 is 1.92 bits per heavy atom. The quantitative estimate of drug-likeness (QED) is 0.388. The molecule has 0 radical (unpaired) electrons. The van der Waals surface area contributed by atoms with Gasteiger partial charge in [-0.2, -0.15) is 0 Å². The van der Waals surface area contributed by atoms with E-state index in [1.165, 1.54) is 6.26 Å². The second-order valence-electron chi connectivity index (χ2n) is 4.68. The molecule has 1 unspecified atom stereocenters. The third-order valence-electron chi connectivity index (χ3n) is 1.45. The normalized spacial score (nSPS) is 14.3. The van der Waals surface area contributed by atoms with E-state index in [1.54, 1.807) is 0 Å². The van der Waals surface area contributed by atoms with Crippen LogP contribution in [-0.2, 0) is 9.16 Å². The lowest BCUT2D eigenvalue weighted by Crippen LogP contribution is -2.26. The summed E-state index contributed by atoms with van der Waals surface area (Å²) in [5, 5.41) is 0. The fourth-order valence-corrected chi connectivity index (χ4v) is 1.81. The highest BCUT2D eigenvalue weighted by Gasteiger charge is 2.20. The van der Waals surface area contributed by atoms with Crippen molar-refractivity contribution in [3.8, 4) is 0 Å². The third-order valence-corrected chi connectivity index (χ3v) is 2.30. The first-order valence-electron chi connectivity index (χ1n) is 4.77. The molecule has 0 aliphatic heterocycles. The highest BCUT2D eigenvalue weighted by Crippen LogP contribution is 2.23. The molecule has 0 aromatic carbocycles. The SMILES string of the molecule is C=COC(CC(C)(C)C)O[SiH](C)C. The lowest BCUT2D eigenvalue weighted by atomic mass is 9.92. The van der Waals surface area contributed by atoms with E-state index in [9.17, 15) is 0 Å². The number of hydrogen-bond acceptors (Lipinski definition) is 2. The molecule has 1 atom stereocenters. The molecule has 2 nitrogen and oxygen atoms in total.